The summed E-state index contributed by atoms with van der Waals surface area (Å²) in [5.41, 5.74) is -3.32. The van der Waals surface area contributed by atoms with Crippen LogP contribution in [0.15, 0.2) is 47.4 Å². The first-order chi connectivity index (χ1) is 29.2. The van der Waals surface area contributed by atoms with Crippen molar-refractivity contribution in [2.45, 2.75) is 102 Å². The SMILES string of the molecule is [B][P+](OC)(OC[C@H]1O[C@@H](n2cc(C)c(=O)[nH]c2=O)C[C@@H]1O[P+]([B])(OC)OC[C@H]1O[C@@H](n2cc(C)c(=O)[nH]c2=O)C[C@@H]1OC(C)=O)O[C@H]1C[C@H](n2cc(C)c(=O)[nH]c2=O)O[C@@H]1CO. The average Bonchev–Trinajstić information content (AvgIpc) is 3.93. The minimum atomic E-state index is -3.86. The smallest absolute Gasteiger partial charge is 0.460 e. The lowest BCUT2D eigenvalue weighted by Crippen LogP contribution is -2.34. The van der Waals surface area contributed by atoms with Crippen molar-refractivity contribution in [1.29, 1.82) is 0 Å². The number of aryl methyl sites for hydroxylation is 3. The van der Waals surface area contributed by atoms with Crippen molar-refractivity contribution in [3.8, 4) is 0 Å². The number of aromatic amines is 3. The van der Waals surface area contributed by atoms with Crippen LogP contribution in [0.1, 0.15) is 61.6 Å². The van der Waals surface area contributed by atoms with Crippen molar-refractivity contribution in [3.05, 3.63) is 97.8 Å². The number of hydrogen-bond donors (Lipinski definition) is 4. The maximum absolute atomic E-state index is 13.0. The largest absolute Gasteiger partial charge is 0.488 e. The molecule has 0 spiro atoms. The predicted molar refractivity (Wildman–Crippen MR) is 217 cm³/mol. The van der Waals surface area contributed by atoms with Gasteiger partial charge in [0, 0.05) is 61.5 Å². The highest BCUT2D eigenvalue weighted by Crippen LogP contribution is 2.62. The molecule has 0 amide bonds. The van der Waals surface area contributed by atoms with E-state index >= 15 is 0 Å². The molecule has 4 radical (unpaired) electrons. The summed E-state index contributed by atoms with van der Waals surface area (Å²) in [6, 6.07) is 0. The van der Waals surface area contributed by atoms with Crippen LogP contribution in [0.5, 0.6) is 0 Å². The molecule has 0 saturated carbocycles. The van der Waals surface area contributed by atoms with Gasteiger partial charge in [-0.2, -0.15) is 27.1 Å². The third kappa shape index (κ3) is 10.7. The van der Waals surface area contributed by atoms with E-state index in [4.69, 9.17) is 61.2 Å². The topological polar surface area (TPSA) is 294 Å². The number of rotatable bonds is 17. The predicted octanol–water partition coefficient (Wildman–Crippen LogP) is -0.863. The second-order valence-electron chi connectivity index (χ2n) is 14.7. The van der Waals surface area contributed by atoms with Crippen LogP contribution in [0.3, 0.4) is 0 Å². The minimum absolute atomic E-state index is 0.0112. The Bertz CT molecular complexity index is 2480. The zero-order chi connectivity index (χ0) is 45.3. The molecule has 3 aliphatic rings. The van der Waals surface area contributed by atoms with Gasteiger partial charge in [-0.3, -0.25) is 47.8 Å². The van der Waals surface area contributed by atoms with Gasteiger partial charge in [-0.1, -0.05) is 0 Å². The summed E-state index contributed by atoms with van der Waals surface area (Å²) in [5, 5.41) is 10.1. The molecule has 334 valence electrons. The number of hydrogen-bond acceptors (Lipinski definition) is 18. The van der Waals surface area contributed by atoms with Gasteiger partial charge in [0.25, 0.3) is 16.7 Å². The molecule has 3 fully saturated rings. The molecule has 0 aromatic carbocycles. The Balaban J connectivity index is 1.19. The summed E-state index contributed by atoms with van der Waals surface area (Å²) in [6.07, 6.45) is -5.23. The number of esters is 1. The molecule has 2 unspecified atom stereocenters. The Labute approximate surface area is 354 Å². The molecule has 0 bridgehead atoms. The van der Waals surface area contributed by atoms with Crippen LogP contribution in [0.25, 0.3) is 0 Å². The maximum Gasteiger partial charge on any atom is 0.488 e. The van der Waals surface area contributed by atoms with E-state index in [0.29, 0.717) is 0 Å². The summed E-state index contributed by atoms with van der Waals surface area (Å²) in [7, 11) is 7.88. The Hall–Kier alpha value is -3.90. The number of nitrogens with one attached hydrogen (secondary N) is 3. The molecular formula is C34H46B2N6O18P2+2. The number of aromatic nitrogens is 6. The van der Waals surface area contributed by atoms with Crippen molar-refractivity contribution < 1.29 is 56.0 Å². The lowest BCUT2D eigenvalue weighted by Gasteiger charge is -2.27. The van der Waals surface area contributed by atoms with Gasteiger partial charge in [0.1, 0.15) is 68.5 Å². The molecule has 3 aliphatic heterocycles. The van der Waals surface area contributed by atoms with E-state index in [1.54, 1.807) is 0 Å². The van der Waals surface area contributed by atoms with Gasteiger partial charge in [0.15, 0.2) is 0 Å². The van der Waals surface area contributed by atoms with Gasteiger partial charge in [-0.25, -0.2) is 14.4 Å². The molecular weight excluding hydrogens is 864 g/mol. The van der Waals surface area contributed by atoms with E-state index in [0.717, 1.165) is 13.7 Å². The third-order valence-electron chi connectivity index (χ3n) is 10.3. The first-order valence-electron chi connectivity index (χ1n) is 19.1. The molecule has 24 nitrogen and oxygen atoms in total. The first-order valence-corrected chi connectivity index (χ1v) is 22.3. The fourth-order valence-electron chi connectivity index (χ4n) is 7.02. The Morgan fingerprint density at radius 1 is 0.661 bits per heavy atom. The standard InChI is InChI=1S/C34H46B2N6O18P2/c1-16-10-40(32(48)37-29(16)45)26-7-20(55-19(4)44)24(57-26)14-53-62(36,52-6)60-22-9-28(42-12-18(3)31(47)39-34(42)50)58-25(22)15-54-61(35,51-5)59-21-8-27(56-23(21)13-43)41-11-17(2)30(46)38-33(41)49/h10-12,20-28,43H,7-9,13-15H2,1-6H3,(H,37,45,48)(H,38,46,49)(H,39,47,50)/q+2/t20-,21-,22-,23+,24+,25+,26+,27+,28+,61?,62?/m0/s1. The second-order valence-corrected chi connectivity index (χ2v) is 18.5. The van der Waals surface area contributed by atoms with Gasteiger partial charge in [-0.15, -0.1) is 0 Å². The minimum Gasteiger partial charge on any atom is -0.460 e. The lowest BCUT2D eigenvalue weighted by molar-refractivity contribution is -0.150. The maximum atomic E-state index is 13.0. The Kier molecular flexibility index (Phi) is 14.9. The van der Waals surface area contributed by atoms with Crippen LogP contribution in [0.4, 0.5) is 0 Å². The summed E-state index contributed by atoms with van der Waals surface area (Å²) in [6.45, 7) is 4.37. The van der Waals surface area contributed by atoms with Crippen molar-refractivity contribution >= 4 is 36.7 Å². The fraction of sp³-hybridized carbons (Fsp3) is 0.618. The average molecular weight is 910 g/mol. The lowest BCUT2D eigenvalue weighted by atomic mass is 10.2. The van der Waals surface area contributed by atoms with Crippen LogP contribution >= 0.6 is 15.6 Å². The molecule has 11 atom stereocenters. The van der Waals surface area contributed by atoms with E-state index < -0.39 is 124 Å². The third-order valence-corrected chi connectivity index (χ3v) is 13.5. The van der Waals surface area contributed by atoms with E-state index in [2.05, 4.69) is 15.0 Å². The van der Waals surface area contributed by atoms with E-state index in [-0.39, 0.29) is 42.6 Å². The molecule has 62 heavy (non-hydrogen) atoms. The van der Waals surface area contributed by atoms with Crippen LogP contribution in [0.2, 0.25) is 0 Å². The molecule has 6 rings (SSSR count). The summed E-state index contributed by atoms with van der Waals surface area (Å²) in [5.74, 6) is -0.638. The van der Waals surface area contributed by atoms with Crippen LogP contribution in [0, 0.1) is 20.8 Å². The van der Waals surface area contributed by atoms with Gasteiger partial charge in [0.2, 0.25) is 0 Å². The molecule has 0 aliphatic carbocycles. The number of aliphatic hydroxyl groups excluding tert-OH is 1. The number of H-pyrrole nitrogens is 3. The number of carbonyl (C=O) groups excluding carboxylic acids is 1. The van der Waals surface area contributed by atoms with E-state index in [9.17, 15) is 38.7 Å². The van der Waals surface area contributed by atoms with Crippen LogP contribution in [-0.4, -0.2) is 126 Å². The number of ether oxygens (including phenoxy) is 4. The zero-order valence-corrected chi connectivity index (χ0v) is 36.2. The van der Waals surface area contributed by atoms with Crippen molar-refractivity contribution in [3.63, 3.8) is 0 Å². The van der Waals surface area contributed by atoms with Gasteiger partial charge < -0.3 is 24.1 Å². The fourth-order valence-corrected chi connectivity index (χ4v) is 9.43. The summed E-state index contributed by atoms with van der Waals surface area (Å²) in [4.78, 5) is 93.0. The van der Waals surface area contributed by atoms with Crippen molar-refractivity contribution in [2.24, 2.45) is 0 Å². The normalized spacial score (nSPS) is 28.1. The van der Waals surface area contributed by atoms with Gasteiger partial charge in [-0.05, 0) is 20.8 Å². The number of carbonyl (C=O) groups is 1. The van der Waals surface area contributed by atoms with Crippen LogP contribution < -0.4 is 33.7 Å². The second kappa shape index (κ2) is 19.5. The molecule has 4 N–H and O–H groups in total. The summed E-state index contributed by atoms with van der Waals surface area (Å²) >= 11 is 0. The van der Waals surface area contributed by atoms with Crippen molar-refractivity contribution in [2.75, 3.05) is 34.0 Å². The highest BCUT2D eigenvalue weighted by molar-refractivity contribution is 7.86. The molecule has 6 heterocycles. The summed E-state index contributed by atoms with van der Waals surface area (Å²) < 4.78 is 62.6. The molecule has 3 aromatic rings. The van der Waals surface area contributed by atoms with Crippen LogP contribution in [-0.2, 0) is 50.9 Å². The molecule has 3 aromatic heterocycles. The number of nitrogens with zero attached hydrogens (tertiary/aromatic N) is 3. The molecule has 3 saturated heterocycles. The highest BCUT2D eigenvalue weighted by atomic mass is 31.2. The van der Waals surface area contributed by atoms with Gasteiger partial charge in [0.05, 0.1) is 20.8 Å². The van der Waals surface area contributed by atoms with Crippen molar-refractivity contribution in [1.82, 2.24) is 28.7 Å². The van der Waals surface area contributed by atoms with Gasteiger partial charge >= 0.3 is 53.8 Å². The number of aliphatic hydroxyl groups is 1. The van der Waals surface area contributed by atoms with E-state index in [1.165, 1.54) is 60.5 Å². The molecule has 28 heteroatoms. The quantitative estimate of drug-likeness (QED) is 0.0728. The van der Waals surface area contributed by atoms with E-state index in [1.807, 2.05) is 0 Å². The Morgan fingerprint density at radius 2 is 1.00 bits per heavy atom. The first kappa shape index (κ1) is 47.6. The monoisotopic (exact) mass is 910 g/mol. The zero-order valence-electron chi connectivity index (χ0n) is 34.4. The highest BCUT2D eigenvalue weighted by Gasteiger charge is 2.53. The Morgan fingerprint density at radius 3 is 1.35 bits per heavy atom.